The van der Waals surface area contributed by atoms with Crippen LogP contribution in [0.1, 0.15) is 39.0 Å². The van der Waals surface area contributed by atoms with E-state index in [1.54, 1.807) is 24.3 Å². The van der Waals surface area contributed by atoms with Gasteiger partial charge in [-0.25, -0.2) is 0 Å². The van der Waals surface area contributed by atoms with Gasteiger partial charge < -0.3 is 0 Å². The van der Waals surface area contributed by atoms with Gasteiger partial charge in [-0.1, -0.05) is 57.5 Å². The summed E-state index contributed by atoms with van der Waals surface area (Å²) >= 11 is 0. The molecule has 0 saturated carbocycles. The predicted molar refractivity (Wildman–Crippen MR) is 81.1 cm³/mol. The van der Waals surface area contributed by atoms with Crippen molar-refractivity contribution >= 4 is 0 Å². The molecule has 0 aliphatic rings. The summed E-state index contributed by atoms with van der Waals surface area (Å²) in [6.07, 6.45) is -3.15. The first kappa shape index (κ1) is 19.2. The van der Waals surface area contributed by atoms with Crippen molar-refractivity contribution in [3.05, 3.63) is 41.7 Å². The van der Waals surface area contributed by atoms with Crippen LogP contribution < -0.4 is 0 Å². The summed E-state index contributed by atoms with van der Waals surface area (Å²) in [7, 11) is 1.29. The van der Waals surface area contributed by atoms with Crippen LogP contribution in [0.4, 0.5) is 13.2 Å². The summed E-state index contributed by atoms with van der Waals surface area (Å²) in [5, 5.41) is 3.68. The fourth-order valence-electron chi connectivity index (χ4n) is 1.72. The van der Waals surface area contributed by atoms with Gasteiger partial charge in [0.1, 0.15) is 5.69 Å². The van der Waals surface area contributed by atoms with Crippen LogP contribution in [0.5, 0.6) is 0 Å². The predicted octanol–water partition coefficient (Wildman–Crippen LogP) is 5.47. The number of alkyl halides is 3. The highest BCUT2D eigenvalue weighted by atomic mass is 19.4. The molecule has 0 saturated heterocycles. The largest absolute Gasteiger partial charge is 0.433 e. The zero-order valence-electron chi connectivity index (χ0n) is 13.4. The molecule has 0 N–H and O–H groups in total. The van der Waals surface area contributed by atoms with Crippen molar-refractivity contribution in [1.29, 1.82) is 0 Å². The Labute approximate surface area is 124 Å². The first-order valence-electron chi connectivity index (χ1n) is 7.06. The maximum atomic E-state index is 12.8. The monoisotopic (exact) mass is 300 g/mol. The SMILES string of the molecule is CC.CC.Cc1ccc(-c2cnn(C)c2C(F)(F)F)cc1. The number of rotatable bonds is 1. The van der Waals surface area contributed by atoms with E-state index in [9.17, 15) is 13.2 Å². The minimum absolute atomic E-state index is 0.111. The minimum Gasteiger partial charge on any atom is -0.263 e. The quantitative estimate of drug-likeness (QED) is 0.683. The van der Waals surface area contributed by atoms with Crippen LogP contribution in [0.3, 0.4) is 0 Å². The van der Waals surface area contributed by atoms with Gasteiger partial charge in [-0.15, -0.1) is 0 Å². The molecule has 5 heteroatoms. The fraction of sp³-hybridized carbons (Fsp3) is 0.438. The van der Waals surface area contributed by atoms with Crippen molar-refractivity contribution in [2.75, 3.05) is 0 Å². The Morgan fingerprint density at radius 1 is 0.952 bits per heavy atom. The number of aryl methyl sites for hydroxylation is 2. The van der Waals surface area contributed by atoms with E-state index in [1.807, 2.05) is 34.6 Å². The Kier molecular flexibility index (Phi) is 7.77. The summed E-state index contributed by atoms with van der Waals surface area (Å²) in [6, 6.07) is 6.90. The molecule has 1 aromatic carbocycles. The number of nitrogens with zero attached hydrogens (tertiary/aromatic N) is 2. The second kappa shape index (κ2) is 8.49. The standard InChI is InChI=1S/C12H11F3N2.2C2H6/c1-8-3-5-9(6-4-8)10-7-16-17(2)11(10)12(13,14)15;2*1-2/h3-7H,1-2H3;2*1-2H3. The lowest BCUT2D eigenvalue weighted by Gasteiger charge is -2.10. The zero-order chi connectivity index (χ0) is 16.6. The van der Waals surface area contributed by atoms with E-state index in [2.05, 4.69) is 5.10 Å². The zero-order valence-corrected chi connectivity index (χ0v) is 13.4. The van der Waals surface area contributed by atoms with Gasteiger partial charge in [0.15, 0.2) is 0 Å². The smallest absolute Gasteiger partial charge is 0.263 e. The first-order valence-corrected chi connectivity index (χ1v) is 7.06. The van der Waals surface area contributed by atoms with Gasteiger partial charge >= 0.3 is 6.18 Å². The Morgan fingerprint density at radius 3 is 1.86 bits per heavy atom. The molecule has 2 aromatic rings. The Bertz CT molecular complexity index is 525. The highest BCUT2D eigenvalue weighted by molar-refractivity contribution is 5.66. The van der Waals surface area contributed by atoms with Gasteiger partial charge in [0.05, 0.1) is 6.20 Å². The number of hydrogen-bond donors (Lipinski definition) is 0. The topological polar surface area (TPSA) is 17.8 Å². The van der Waals surface area contributed by atoms with Crippen molar-refractivity contribution in [3.8, 4) is 11.1 Å². The summed E-state index contributed by atoms with van der Waals surface area (Å²) in [4.78, 5) is 0. The van der Waals surface area contributed by atoms with E-state index < -0.39 is 11.9 Å². The molecule has 21 heavy (non-hydrogen) atoms. The van der Waals surface area contributed by atoms with Crippen molar-refractivity contribution < 1.29 is 13.2 Å². The van der Waals surface area contributed by atoms with Crippen LogP contribution in [0.25, 0.3) is 11.1 Å². The molecular formula is C16H23F3N2. The summed E-state index contributed by atoms with van der Waals surface area (Å²) < 4.78 is 39.4. The van der Waals surface area contributed by atoms with Crippen LogP contribution in [-0.2, 0) is 13.2 Å². The van der Waals surface area contributed by atoms with Gasteiger partial charge in [-0.05, 0) is 12.5 Å². The van der Waals surface area contributed by atoms with Crippen LogP contribution in [-0.4, -0.2) is 9.78 Å². The second-order valence-electron chi connectivity index (χ2n) is 3.89. The molecule has 0 bridgehead atoms. The van der Waals surface area contributed by atoms with Crippen LogP contribution in [0.15, 0.2) is 30.5 Å². The number of benzene rings is 1. The molecule has 2 rings (SSSR count). The fourth-order valence-corrected chi connectivity index (χ4v) is 1.72. The third-order valence-electron chi connectivity index (χ3n) is 2.57. The summed E-state index contributed by atoms with van der Waals surface area (Å²) in [5.41, 5.74) is 0.920. The minimum atomic E-state index is -4.40. The number of halogens is 3. The van der Waals surface area contributed by atoms with Gasteiger partial charge in [0.25, 0.3) is 0 Å². The summed E-state index contributed by atoms with van der Waals surface area (Å²) in [5.74, 6) is 0. The van der Waals surface area contributed by atoms with Crippen molar-refractivity contribution in [3.63, 3.8) is 0 Å². The molecular weight excluding hydrogens is 277 g/mol. The van der Waals surface area contributed by atoms with E-state index in [1.165, 1.54) is 13.2 Å². The Hall–Kier alpha value is -1.78. The van der Waals surface area contributed by atoms with Crippen LogP contribution >= 0.6 is 0 Å². The Balaban J connectivity index is 0.000000921. The third kappa shape index (κ3) is 4.92. The van der Waals surface area contributed by atoms with E-state index in [0.717, 1.165) is 10.2 Å². The highest BCUT2D eigenvalue weighted by Crippen LogP contribution is 2.36. The second-order valence-corrected chi connectivity index (χ2v) is 3.89. The molecule has 0 aliphatic carbocycles. The maximum Gasteiger partial charge on any atom is 0.433 e. The van der Waals surface area contributed by atoms with E-state index in [0.29, 0.717) is 5.56 Å². The Morgan fingerprint density at radius 2 is 1.43 bits per heavy atom. The number of aromatic nitrogens is 2. The molecule has 1 heterocycles. The van der Waals surface area contributed by atoms with Crippen LogP contribution in [0, 0.1) is 6.92 Å². The molecule has 0 aliphatic heterocycles. The average Bonchev–Trinajstić information content (AvgIpc) is 2.86. The molecule has 1 aromatic heterocycles. The lowest BCUT2D eigenvalue weighted by atomic mass is 10.0. The molecule has 0 atom stereocenters. The normalized spacial score (nSPS) is 10.1. The molecule has 0 spiro atoms. The lowest BCUT2D eigenvalue weighted by molar-refractivity contribution is -0.143. The molecule has 0 unspecified atom stereocenters. The molecule has 0 fully saturated rings. The van der Waals surface area contributed by atoms with E-state index in [4.69, 9.17) is 0 Å². The van der Waals surface area contributed by atoms with Gasteiger partial charge in [-0.2, -0.15) is 18.3 Å². The molecule has 0 amide bonds. The third-order valence-corrected chi connectivity index (χ3v) is 2.57. The summed E-state index contributed by atoms with van der Waals surface area (Å²) in [6.45, 7) is 9.89. The molecule has 2 nitrogen and oxygen atoms in total. The van der Waals surface area contributed by atoms with Crippen molar-refractivity contribution in [2.24, 2.45) is 7.05 Å². The van der Waals surface area contributed by atoms with E-state index >= 15 is 0 Å². The van der Waals surface area contributed by atoms with Gasteiger partial charge in [0, 0.05) is 12.6 Å². The van der Waals surface area contributed by atoms with E-state index in [-0.39, 0.29) is 5.56 Å². The molecule has 118 valence electrons. The molecule has 0 radical (unpaired) electrons. The average molecular weight is 300 g/mol. The lowest BCUT2D eigenvalue weighted by Crippen LogP contribution is -2.13. The van der Waals surface area contributed by atoms with Crippen LogP contribution in [0.2, 0.25) is 0 Å². The maximum absolute atomic E-state index is 12.8. The van der Waals surface area contributed by atoms with Gasteiger partial charge in [0.2, 0.25) is 0 Å². The highest BCUT2D eigenvalue weighted by Gasteiger charge is 2.37. The van der Waals surface area contributed by atoms with Crippen molar-refractivity contribution in [1.82, 2.24) is 9.78 Å². The van der Waals surface area contributed by atoms with Crippen molar-refractivity contribution in [2.45, 2.75) is 40.8 Å². The number of hydrogen-bond acceptors (Lipinski definition) is 1. The van der Waals surface area contributed by atoms with Gasteiger partial charge in [-0.3, -0.25) is 4.68 Å². The first-order chi connectivity index (χ1) is 9.89.